The zero-order valence-electron chi connectivity index (χ0n) is 21.8. The Hall–Kier alpha value is -3.35. The quantitative estimate of drug-likeness (QED) is 0.105. The van der Waals surface area contributed by atoms with Gasteiger partial charge in [-0.15, -0.1) is 0 Å². The first-order valence-corrected chi connectivity index (χ1v) is 12.8. The van der Waals surface area contributed by atoms with Crippen LogP contribution in [0.3, 0.4) is 0 Å². The second-order valence-electron chi connectivity index (χ2n) is 9.74. The normalized spacial score (nSPS) is 33.4. The summed E-state index contributed by atoms with van der Waals surface area (Å²) >= 11 is 0. The van der Waals surface area contributed by atoms with E-state index in [0.717, 1.165) is 12.1 Å². The third-order valence-corrected chi connectivity index (χ3v) is 6.82. The fourth-order valence-electron chi connectivity index (χ4n) is 4.38. The second-order valence-corrected chi connectivity index (χ2v) is 9.74. The first-order chi connectivity index (χ1) is 19.9. The van der Waals surface area contributed by atoms with Crippen molar-refractivity contribution >= 4 is 11.9 Å². The third kappa shape index (κ3) is 6.66. The maximum absolute atomic E-state index is 13.1. The van der Waals surface area contributed by atoms with Gasteiger partial charge in [-0.25, -0.2) is 0 Å². The zero-order chi connectivity index (χ0) is 30.7. The van der Waals surface area contributed by atoms with Crippen LogP contribution in [0.25, 0.3) is 6.08 Å². The molecule has 15 nitrogen and oxygen atoms in total. The molecule has 2 heterocycles. The molecule has 2 fully saturated rings. The van der Waals surface area contributed by atoms with Crippen LogP contribution < -0.4 is 9.47 Å². The molecule has 42 heavy (non-hydrogen) atoms. The number of aromatic hydroxyl groups is 2. The van der Waals surface area contributed by atoms with Crippen molar-refractivity contribution in [3.8, 4) is 23.0 Å². The number of carbonyl (C=O) groups is 1. The summed E-state index contributed by atoms with van der Waals surface area (Å²) in [5.41, 5.74) is 0.216. The largest absolute Gasteiger partial charge is 0.508 e. The molecular formula is C27H32O15. The number of benzene rings is 2. The van der Waals surface area contributed by atoms with E-state index in [0.29, 0.717) is 5.56 Å². The summed E-state index contributed by atoms with van der Waals surface area (Å²) in [5.74, 6) is -1.80. The fraction of sp³-hybridized carbons (Fsp3) is 0.444. The summed E-state index contributed by atoms with van der Waals surface area (Å²) in [7, 11) is 0. The molecule has 10 N–H and O–H groups in total. The lowest BCUT2D eigenvalue weighted by Gasteiger charge is -2.39. The minimum absolute atomic E-state index is 0.0995. The molecule has 2 aliphatic heterocycles. The Morgan fingerprint density at radius 1 is 0.714 bits per heavy atom. The summed E-state index contributed by atoms with van der Waals surface area (Å²) in [5, 5.41) is 99.3. The van der Waals surface area contributed by atoms with Crippen molar-refractivity contribution in [2.24, 2.45) is 0 Å². The van der Waals surface area contributed by atoms with Crippen molar-refractivity contribution in [1.29, 1.82) is 0 Å². The highest BCUT2D eigenvalue weighted by atomic mass is 16.7. The van der Waals surface area contributed by atoms with E-state index >= 15 is 0 Å². The van der Waals surface area contributed by atoms with Gasteiger partial charge < -0.3 is 70.0 Å². The lowest BCUT2D eigenvalue weighted by molar-refractivity contribution is -0.277. The minimum Gasteiger partial charge on any atom is -0.508 e. The number of hydrogen-bond donors (Lipinski definition) is 10. The number of phenols is 2. The highest BCUT2D eigenvalue weighted by molar-refractivity contribution is 6.08. The molecule has 230 valence electrons. The van der Waals surface area contributed by atoms with Gasteiger partial charge in [0.2, 0.25) is 12.6 Å². The van der Waals surface area contributed by atoms with Gasteiger partial charge in [-0.3, -0.25) is 4.79 Å². The van der Waals surface area contributed by atoms with Gasteiger partial charge in [-0.05, 0) is 35.9 Å². The van der Waals surface area contributed by atoms with E-state index in [1.54, 1.807) is 0 Å². The number of ether oxygens (including phenoxy) is 4. The van der Waals surface area contributed by atoms with Gasteiger partial charge in [0.1, 0.15) is 60.3 Å². The second kappa shape index (κ2) is 13.3. The predicted molar refractivity (Wildman–Crippen MR) is 138 cm³/mol. The van der Waals surface area contributed by atoms with E-state index in [1.807, 2.05) is 0 Å². The lowest BCUT2D eigenvalue weighted by atomic mass is 9.99. The number of phenolic OH excluding ortho intramolecular Hbond substituents is 2. The van der Waals surface area contributed by atoms with E-state index in [9.17, 15) is 55.9 Å². The average molecular weight is 597 g/mol. The molecule has 0 bridgehead atoms. The molecule has 0 radical (unpaired) electrons. The number of hydrogen-bond acceptors (Lipinski definition) is 15. The molecule has 0 aliphatic carbocycles. The monoisotopic (exact) mass is 596 g/mol. The average Bonchev–Trinajstić information content (AvgIpc) is 2.97. The highest BCUT2D eigenvalue weighted by Gasteiger charge is 2.46. The zero-order valence-corrected chi connectivity index (χ0v) is 21.8. The van der Waals surface area contributed by atoms with Crippen molar-refractivity contribution < 1.29 is 74.8 Å². The molecule has 2 aromatic carbocycles. The summed E-state index contributed by atoms with van der Waals surface area (Å²) in [6.07, 6.45) is -13.4. The van der Waals surface area contributed by atoms with Crippen LogP contribution in [-0.2, 0) is 9.47 Å². The van der Waals surface area contributed by atoms with Gasteiger partial charge in [0.05, 0.1) is 18.8 Å². The predicted octanol–water partition coefficient (Wildman–Crippen LogP) is -2.65. The third-order valence-electron chi connectivity index (χ3n) is 6.82. The molecule has 10 atom stereocenters. The van der Waals surface area contributed by atoms with Crippen LogP contribution in [0.1, 0.15) is 15.9 Å². The Morgan fingerprint density at radius 3 is 1.81 bits per heavy atom. The van der Waals surface area contributed by atoms with Crippen molar-refractivity contribution in [3.05, 3.63) is 53.6 Å². The van der Waals surface area contributed by atoms with Crippen LogP contribution in [0, 0.1) is 0 Å². The molecule has 2 aliphatic rings. The molecule has 2 saturated heterocycles. The Labute approximate surface area is 238 Å². The summed E-state index contributed by atoms with van der Waals surface area (Å²) in [6.45, 7) is -1.38. The number of aliphatic hydroxyl groups is 8. The Kier molecular flexibility index (Phi) is 10.0. The van der Waals surface area contributed by atoms with E-state index in [-0.39, 0.29) is 28.6 Å². The summed E-state index contributed by atoms with van der Waals surface area (Å²) in [4.78, 5) is 13.1. The molecule has 15 heteroatoms. The van der Waals surface area contributed by atoms with Crippen LogP contribution in [0.15, 0.2) is 42.5 Å². The van der Waals surface area contributed by atoms with Crippen LogP contribution >= 0.6 is 0 Å². The van der Waals surface area contributed by atoms with Gasteiger partial charge in [0.25, 0.3) is 0 Å². The SMILES string of the molecule is O=C(/C=C/c1ccc(O)c(OC2OC(CO)C(O)C(O)C2O)c1)c1ccc(O)cc1OC1OC(CO)C(O)C(O)C1O. The Balaban J connectivity index is 1.51. The van der Waals surface area contributed by atoms with Crippen LogP contribution in [-0.4, -0.2) is 131 Å². The van der Waals surface area contributed by atoms with E-state index < -0.39 is 80.4 Å². The Morgan fingerprint density at radius 2 is 1.26 bits per heavy atom. The van der Waals surface area contributed by atoms with Gasteiger partial charge in [0, 0.05) is 6.07 Å². The number of aliphatic hydroxyl groups excluding tert-OH is 8. The molecule has 0 aromatic heterocycles. The van der Waals surface area contributed by atoms with Gasteiger partial charge in [0.15, 0.2) is 17.3 Å². The maximum atomic E-state index is 13.1. The molecule has 0 spiro atoms. The lowest BCUT2D eigenvalue weighted by Crippen LogP contribution is -2.60. The summed E-state index contributed by atoms with van der Waals surface area (Å²) in [6, 6.07) is 7.41. The highest BCUT2D eigenvalue weighted by Crippen LogP contribution is 2.33. The van der Waals surface area contributed by atoms with Crippen molar-refractivity contribution in [2.75, 3.05) is 13.2 Å². The van der Waals surface area contributed by atoms with E-state index in [4.69, 9.17) is 18.9 Å². The van der Waals surface area contributed by atoms with Crippen molar-refractivity contribution in [3.63, 3.8) is 0 Å². The molecule has 10 unspecified atom stereocenters. The first kappa shape index (κ1) is 31.6. The minimum atomic E-state index is -1.76. The number of allylic oxidation sites excluding steroid dienone is 1. The fourth-order valence-corrected chi connectivity index (χ4v) is 4.38. The van der Waals surface area contributed by atoms with Crippen molar-refractivity contribution in [1.82, 2.24) is 0 Å². The van der Waals surface area contributed by atoms with Gasteiger partial charge >= 0.3 is 0 Å². The smallest absolute Gasteiger partial charge is 0.229 e. The molecule has 4 rings (SSSR count). The van der Waals surface area contributed by atoms with Gasteiger partial charge in [-0.2, -0.15) is 0 Å². The van der Waals surface area contributed by atoms with E-state index in [1.165, 1.54) is 36.4 Å². The number of carbonyl (C=O) groups excluding carboxylic acids is 1. The Bertz CT molecular complexity index is 1260. The molecular weight excluding hydrogens is 564 g/mol. The standard InChI is InChI=1S/C27H32O15/c28-9-18-20(33)22(35)24(37)26(41-18)39-16-8-12(30)3-4-13(16)14(31)5-1-11-2-6-15(32)17(7-11)40-27-25(38)23(36)21(34)19(10-29)42-27/h1-8,18-30,32-38H,9-10H2/b5-1+. The maximum Gasteiger partial charge on any atom is 0.229 e. The topological polar surface area (TPSA) is 256 Å². The number of ketones is 1. The summed E-state index contributed by atoms with van der Waals surface area (Å²) < 4.78 is 21.6. The van der Waals surface area contributed by atoms with Crippen LogP contribution in [0.5, 0.6) is 23.0 Å². The number of rotatable bonds is 9. The van der Waals surface area contributed by atoms with Crippen LogP contribution in [0.2, 0.25) is 0 Å². The molecule has 0 amide bonds. The molecule has 0 saturated carbocycles. The first-order valence-electron chi connectivity index (χ1n) is 12.8. The van der Waals surface area contributed by atoms with Gasteiger partial charge in [-0.1, -0.05) is 12.1 Å². The molecule has 2 aromatic rings. The van der Waals surface area contributed by atoms with Crippen LogP contribution in [0.4, 0.5) is 0 Å². The van der Waals surface area contributed by atoms with Crippen molar-refractivity contribution in [2.45, 2.75) is 61.4 Å². The van der Waals surface area contributed by atoms with E-state index in [2.05, 4.69) is 0 Å².